The molecule has 152 valence electrons. The second-order valence-electron chi connectivity index (χ2n) is 6.71. The number of hydrogen-bond donors (Lipinski definition) is 3. The number of aryl methyl sites for hydroxylation is 1. The molecular formula is C18H20BN3O6S. The summed E-state index contributed by atoms with van der Waals surface area (Å²) >= 11 is 1.10. The Bertz CT molecular complexity index is 949. The van der Waals surface area contributed by atoms with Crippen molar-refractivity contribution in [2.75, 3.05) is 12.8 Å². The van der Waals surface area contributed by atoms with Crippen LogP contribution >= 0.6 is 11.3 Å². The van der Waals surface area contributed by atoms with E-state index in [-0.39, 0.29) is 17.2 Å². The largest absolute Gasteiger partial charge is 0.536 e. The van der Waals surface area contributed by atoms with Gasteiger partial charge in [0.05, 0.1) is 12.8 Å². The number of ether oxygens (including phenoxy) is 1. The van der Waals surface area contributed by atoms with Crippen LogP contribution in [0.15, 0.2) is 23.6 Å². The maximum atomic E-state index is 13.0. The van der Waals surface area contributed by atoms with Gasteiger partial charge in [-0.3, -0.25) is 9.59 Å². The standard InChI is InChI=1S/C18H20BN3O6S/c1-9-4-3-5-10-6-11(19(26)28-15(9)10)7-13(23)14(12-8-29-18(20)21-12)22-16(24)17(25)27-2/h3-5,8,11,14,26H,6-7H2,1-2H3,(H2,20,21)(H,22,24)/t11-,14?/m1/s1. The van der Waals surface area contributed by atoms with Gasteiger partial charge in [0.1, 0.15) is 11.8 Å². The summed E-state index contributed by atoms with van der Waals surface area (Å²) in [7, 11) is -0.112. The van der Waals surface area contributed by atoms with E-state index >= 15 is 0 Å². The van der Waals surface area contributed by atoms with Gasteiger partial charge in [-0.15, -0.1) is 11.3 Å². The fraction of sp³-hybridized carbons (Fsp3) is 0.333. The van der Waals surface area contributed by atoms with Crippen LogP contribution in [-0.4, -0.2) is 41.9 Å². The first kappa shape index (κ1) is 20.8. The quantitative estimate of drug-likeness (QED) is 0.369. The predicted molar refractivity (Wildman–Crippen MR) is 106 cm³/mol. The number of aromatic nitrogens is 1. The fourth-order valence-electron chi connectivity index (χ4n) is 3.23. The van der Waals surface area contributed by atoms with E-state index in [0.29, 0.717) is 12.2 Å². The number of ketones is 1. The third kappa shape index (κ3) is 4.57. The van der Waals surface area contributed by atoms with E-state index in [4.69, 9.17) is 10.4 Å². The lowest BCUT2D eigenvalue weighted by Crippen LogP contribution is -2.41. The molecule has 29 heavy (non-hydrogen) atoms. The fourth-order valence-corrected chi connectivity index (χ4v) is 3.82. The molecule has 0 saturated carbocycles. The molecule has 11 heteroatoms. The molecule has 9 nitrogen and oxygen atoms in total. The first-order valence-corrected chi connectivity index (χ1v) is 9.73. The second kappa shape index (κ2) is 8.62. The van der Waals surface area contributed by atoms with Crippen molar-refractivity contribution in [3.8, 4) is 5.75 Å². The first-order valence-electron chi connectivity index (χ1n) is 8.85. The summed E-state index contributed by atoms with van der Waals surface area (Å²) in [4.78, 5) is 40.5. The number of benzene rings is 1. The molecule has 1 aromatic carbocycles. The summed E-state index contributed by atoms with van der Waals surface area (Å²) < 4.78 is 10.00. The predicted octanol–water partition coefficient (Wildman–Crippen LogP) is 0.809. The number of nitrogens with zero attached hydrogens (tertiary/aromatic N) is 1. The third-order valence-corrected chi connectivity index (χ3v) is 5.38. The maximum Gasteiger partial charge on any atom is 0.526 e. The monoisotopic (exact) mass is 417 g/mol. The Labute approximate surface area is 171 Å². The Kier molecular flexibility index (Phi) is 6.19. The van der Waals surface area contributed by atoms with Gasteiger partial charge in [-0.2, -0.15) is 0 Å². The maximum absolute atomic E-state index is 13.0. The number of nitrogens with one attached hydrogen (secondary N) is 1. The zero-order chi connectivity index (χ0) is 21.1. The molecule has 2 aromatic rings. The number of hydrogen-bond acceptors (Lipinski definition) is 9. The highest BCUT2D eigenvalue weighted by Crippen LogP contribution is 2.36. The van der Waals surface area contributed by atoms with Crippen LogP contribution in [0.5, 0.6) is 5.75 Å². The summed E-state index contributed by atoms with van der Waals surface area (Å²) in [6.45, 7) is 1.88. The lowest BCUT2D eigenvalue weighted by atomic mass is 9.64. The van der Waals surface area contributed by atoms with Crippen LogP contribution in [0.4, 0.5) is 5.13 Å². The van der Waals surface area contributed by atoms with Crippen LogP contribution < -0.4 is 15.7 Å². The van der Waals surface area contributed by atoms with Crippen molar-refractivity contribution < 1.29 is 28.8 Å². The Hall–Kier alpha value is -2.92. The molecule has 0 saturated heterocycles. The summed E-state index contributed by atoms with van der Waals surface area (Å²) in [5, 5.41) is 14.5. The Morgan fingerprint density at radius 2 is 2.24 bits per heavy atom. The van der Waals surface area contributed by atoms with Crippen molar-refractivity contribution in [2.45, 2.75) is 31.6 Å². The van der Waals surface area contributed by atoms with Gasteiger partial charge < -0.3 is 25.5 Å². The molecule has 1 aliphatic heterocycles. The van der Waals surface area contributed by atoms with Gasteiger partial charge >= 0.3 is 19.0 Å². The summed E-state index contributed by atoms with van der Waals surface area (Å²) in [6, 6.07) is 4.44. The van der Waals surface area contributed by atoms with E-state index in [1.165, 1.54) is 5.38 Å². The highest BCUT2D eigenvalue weighted by atomic mass is 32.1. The van der Waals surface area contributed by atoms with Crippen molar-refractivity contribution in [3.63, 3.8) is 0 Å². The lowest BCUT2D eigenvalue weighted by molar-refractivity contribution is -0.153. The van der Waals surface area contributed by atoms with Crippen molar-refractivity contribution in [3.05, 3.63) is 40.4 Å². The van der Waals surface area contributed by atoms with Gasteiger partial charge in [0.25, 0.3) is 0 Å². The molecule has 1 aromatic heterocycles. The van der Waals surface area contributed by atoms with Crippen LogP contribution in [-0.2, 0) is 25.5 Å². The van der Waals surface area contributed by atoms with Gasteiger partial charge in [-0.25, -0.2) is 9.78 Å². The van der Waals surface area contributed by atoms with Crippen LogP contribution in [0.2, 0.25) is 5.82 Å². The minimum Gasteiger partial charge on any atom is -0.536 e. The highest BCUT2D eigenvalue weighted by molar-refractivity contribution is 7.13. The van der Waals surface area contributed by atoms with Crippen LogP contribution in [0.25, 0.3) is 0 Å². The van der Waals surface area contributed by atoms with Crippen molar-refractivity contribution >= 4 is 41.2 Å². The normalized spacial score (nSPS) is 16.4. The number of Topliss-reactive ketones (excluding diaryl/α,β-unsaturated/α-hetero) is 1. The number of carbonyl (C=O) groups excluding carboxylic acids is 3. The molecule has 2 heterocycles. The molecule has 2 atom stereocenters. The highest BCUT2D eigenvalue weighted by Gasteiger charge is 2.39. The van der Waals surface area contributed by atoms with Crippen molar-refractivity contribution in [1.29, 1.82) is 0 Å². The number of anilines is 1. The average Bonchev–Trinajstić information content (AvgIpc) is 3.12. The molecule has 4 N–H and O–H groups in total. The number of para-hydroxylation sites is 1. The van der Waals surface area contributed by atoms with Crippen LogP contribution in [0.1, 0.15) is 29.3 Å². The van der Waals surface area contributed by atoms with Gasteiger partial charge in [-0.1, -0.05) is 18.2 Å². The molecule has 1 unspecified atom stereocenters. The molecule has 0 fully saturated rings. The average molecular weight is 417 g/mol. The minimum atomic E-state index is -1.19. The van der Waals surface area contributed by atoms with Gasteiger partial charge in [0.2, 0.25) is 0 Å². The van der Waals surface area contributed by atoms with Crippen molar-refractivity contribution in [2.24, 2.45) is 0 Å². The SMILES string of the molecule is COC(=O)C(=O)NC(C(=O)C[C@H]1Cc2cccc(C)c2OB1O)c1csc(N)n1. The molecule has 0 aliphatic carbocycles. The van der Waals surface area contributed by atoms with E-state index in [1.807, 2.05) is 25.1 Å². The Morgan fingerprint density at radius 1 is 1.48 bits per heavy atom. The van der Waals surface area contributed by atoms with Crippen LogP contribution in [0.3, 0.4) is 0 Å². The summed E-state index contributed by atoms with van der Waals surface area (Å²) in [6.07, 6.45) is 0.332. The van der Waals surface area contributed by atoms with Gasteiger partial charge in [-0.05, 0) is 24.5 Å². The molecule has 0 radical (unpaired) electrons. The number of carbonyl (C=O) groups is 3. The molecule has 1 amide bonds. The number of nitrogen functional groups attached to an aromatic ring is 1. The van der Waals surface area contributed by atoms with Crippen LogP contribution in [0, 0.1) is 6.92 Å². The topological polar surface area (TPSA) is 141 Å². The third-order valence-electron chi connectivity index (χ3n) is 4.68. The summed E-state index contributed by atoms with van der Waals surface area (Å²) in [5.41, 5.74) is 7.64. The molecule has 0 spiro atoms. The van der Waals surface area contributed by atoms with E-state index in [0.717, 1.165) is 29.6 Å². The number of esters is 1. The molecular weight excluding hydrogens is 397 g/mol. The first-order chi connectivity index (χ1) is 13.8. The second-order valence-corrected chi connectivity index (χ2v) is 7.60. The minimum absolute atomic E-state index is 0.0991. The molecule has 1 aliphatic rings. The lowest BCUT2D eigenvalue weighted by Gasteiger charge is -2.29. The number of methoxy groups -OCH3 is 1. The number of rotatable bonds is 5. The summed E-state index contributed by atoms with van der Waals surface area (Å²) in [5.74, 6) is -2.54. The van der Waals surface area contributed by atoms with Gasteiger partial charge in [0.15, 0.2) is 10.9 Å². The van der Waals surface area contributed by atoms with Gasteiger partial charge in [0, 0.05) is 17.6 Å². The Balaban J connectivity index is 1.79. The molecule has 0 bridgehead atoms. The number of thiazole rings is 1. The number of fused-ring (bicyclic) bond motifs is 1. The number of amides is 1. The van der Waals surface area contributed by atoms with E-state index in [1.54, 1.807) is 0 Å². The molecule has 3 rings (SSSR count). The Morgan fingerprint density at radius 3 is 2.90 bits per heavy atom. The van der Waals surface area contributed by atoms with E-state index < -0.39 is 36.6 Å². The van der Waals surface area contributed by atoms with E-state index in [9.17, 15) is 19.4 Å². The number of nitrogens with two attached hydrogens (primary N) is 1. The van der Waals surface area contributed by atoms with Crippen molar-refractivity contribution in [1.82, 2.24) is 10.3 Å². The van der Waals surface area contributed by atoms with E-state index in [2.05, 4.69) is 15.0 Å². The zero-order valence-corrected chi connectivity index (χ0v) is 16.7. The smallest absolute Gasteiger partial charge is 0.526 e. The zero-order valence-electron chi connectivity index (χ0n) is 15.9.